The summed E-state index contributed by atoms with van der Waals surface area (Å²) >= 11 is 0. The van der Waals surface area contributed by atoms with Crippen LogP contribution in [0.25, 0.3) is 0 Å². The van der Waals surface area contributed by atoms with Crippen LogP contribution in [-0.2, 0) is 27.8 Å². The molecule has 1 aromatic carbocycles. The third-order valence-electron chi connectivity index (χ3n) is 3.21. The lowest BCUT2D eigenvalue weighted by Gasteiger charge is -2.22. The molecule has 0 amide bonds. The molecule has 0 saturated carbocycles. The van der Waals surface area contributed by atoms with Crippen LogP contribution in [0.1, 0.15) is 25.0 Å². The number of aliphatic hydroxyl groups is 1. The summed E-state index contributed by atoms with van der Waals surface area (Å²) < 4.78 is 31.8. The first-order chi connectivity index (χ1) is 9.51. The van der Waals surface area contributed by atoms with Crippen molar-refractivity contribution in [2.24, 2.45) is 0 Å². The Morgan fingerprint density at radius 3 is 2.50 bits per heavy atom. The molecule has 0 unspecified atom stereocenters. The van der Waals surface area contributed by atoms with Crippen molar-refractivity contribution in [3.63, 3.8) is 0 Å². The first-order valence-electron chi connectivity index (χ1n) is 6.72. The van der Waals surface area contributed by atoms with Gasteiger partial charge in [-0.3, -0.25) is 0 Å². The number of rotatable bonds is 8. The van der Waals surface area contributed by atoms with Gasteiger partial charge in [0.1, 0.15) is 0 Å². The second kappa shape index (κ2) is 7.73. The average Bonchev–Trinajstić information content (AvgIpc) is 2.47. The normalized spacial score (nSPS) is 12.1. The molecule has 5 nitrogen and oxygen atoms in total. The molecule has 0 aromatic heterocycles. The van der Waals surface area contributed by atoms with Gasteiger partial charge < -0.3 is 9.84 Å². The zero-order chi connectivity index (χ0) is 15.2. The number of ether oxygens (including phenoxy) is 1. The summed E-state index contributed by atoms with van der Waals surface area (Å²) in [5.74, 6) is 0. The highest BCUT2D eigenvalue weighted by Crippen LogP contribution is 2.22. The van der Waals surface area contributed by atoms with Crippen molar-refractivity contribution in [3.8, 4) is 0 Å². The van der Waals surface area contributed by atoms with E-state index in [-0.39, 0.29) is 11.5 Å². The maximum absolute atomic E-state index is 12.7. The molecular weight excluding hydrogens is 278 g/mol. The molecule has 6 heteroatoms. The van der Waals surface area contributed by atoms with Gasteiger partial charge in [0.25, 0.3) is 0 Å². The molecule has 1 rings (SSSR count). The van der Waals surface area contributed by atoms with E-state index in [4.69, 9.17) is 4.74 Å². The number of likely N-dealkylation sites (N-methyl/N-ethyl adjacent to an activating group) is 1. The minimum absolute atomic E-state index is 0.170. The van der Waals surface area contributed by atoms with Crippen LogP contribution < -0.4 is 0 Å². The Hall–Kier alpha value is -0.950. The summed E-state index contributed by atoms with van der Waals surface area (Å²) in [6, 6.07) is 5.08. The molecule has 1 N–H and O–H groups in total. The summed E-state index contributed by atoms with van der Waals surface area (Å²) in [6.07, 6.45) is 0.627. The number of sulfonamides is 1. The zero-order valence-electron chi connectivity index (χ0n) is 12.3. The van der Waals surface area contributed by atoms with Crippen LogP contribution in [0.4, 0.5) is 0 Å². The number of methoxy groups -OCH3 is 1. The second-order valence-corrected chi connectivity index (χ2v) is 6.35. The summed E-state index contributed by atoms with van der Waals surface area (Å²) in [6.45, 7) is 4.61. The van der Waals surface area contributed by atoms with E-state index in [1.165, 1.54) is 4.31 Å². The van der Waals surface area contributed by atoms with Gasteiger partial charge in [-0.25, -0.2) is 8.42 Å². The number of hydrogen-bond donors (Lipinski definition) is 1. The Morgan fingerprint density at radius 1 is 1.30 bits per heavy atom. The predicted molar refractivity (Wildman–Crippen MR) is 78.1 cm³/mol. The van der Waals surface area contributed by atoms with Crippen LogP contribution in [-0.4, -0.2) is 44.6 Å². The highest BCUT2D eigenvalue weighted by atomic mass is 32.2. The molecule has 0 spiro atoms. The number of nitrogens with zero attached hydrogens (tertiary/aromatic N) is 1. The fourth-order valence-electron chi connectivity index (χ4n) is 2.01. The van der Waals surface area contributed by atoms with Gasteiger partial charge in [-0.1, -0.05) is 26.0 Å². The third-order valence-corrected chi connectivity index (χ3v) is 5.27. The highest BCUT2D eigenvalue weighted by molar-refractivity contribution is 7.89. The van der Waals surface area contributed by atoms with Gasteiger partial charge in [0.05, 0.1) is 18.1 Å². The lowest BCUT2D eigenvalue weighted by molar-refractivity contribution is 0.180. The van der Waals surface area contributed by atoms with E-state index in [1.807, 2.05) is 6.92 Å². The van der Waals surface area contributed by atoms with Gasteiger partial charge in [-0.05, 0) is 23.6 Å². The Labute approximate surface area is 121 Å². The highest BCUT2D eigenvalue weighted by Gasteiger charge is 2.25. The fourth-order valence-corrected chi connectivity index (χ4v) is 3.79. The van der Waals surface area contributed by atoms with Crippen molar-refractivity contribution in [3.05, 3.63) is 29.3 Å². The van der Waals surface area contributed by atoms with Crippen LogP contribution in [0.3, 0.4) is 0 Å². The molecular formula is C14H23NO4S. The molecule has 0 aliphatic heterocycles. The summed E-state index contributed by atoms with van der Waals surface area (Å²) in [7, 11) is -2.01. The van der Waals surface area contributed by atoms with E-state index in [9.17, 15) is 13.5 Å². The first kappa shape index (κ1) is 17.1. The maximum atomic E-state index is 12.7. The number of aliphatic hydroxyl groups excluding tert-OH is 1. The van der Waals surface area contributed by atoms with E-state index in [1.54, 1.807) is 32.2 Å². The maximum Gasteiger partial charge on any atom is 0.243 e. The predicted octanol–water partition coefficient (Wildman–Crippen LogP) is 1.40. The van der Waals surface area contributed by atoms with Crippen LogP contribution in [0.5, 0.6) is 0 Å². The summed E-state index contributed by atoms with van der Waals surface area (Å²) in [5, 5.41) is 9.20. The van der Waals surface area contributed by atoms with Crippen LogP contribution in [0.15, 0.2) is 23.1 Å². The third kappa shape index (κ3) is 3.79. The summed E-state index contributed by atoms with van der Waals surface area (Å²) in [5.41, 5.74) is 1.36. The number of benzene rings is 1. The van der Waals surface area contributed by atoms with E-state index in [2.05, 4.69) is 0 Å². The largest absolute Gasteiger partial charge is 0.392 e. The molecule has 0 aliphatic rings. The molecule has 0 bridgehead atoms. The Balaban J connectivity index is 3.24. The summed E-state index contributed by atoms with van der Waals surface area (Å²) in [4.78, 5) is 0.282. The molecule has 0 atom stereocenters. The average molecular weight is 301 g/mol. The zero-order valence-corrected chi connectivity index (χ0v) is 13.1. The molecule has 0 saturated heterocycles. The van der Waals surface area contributed by atoms with E-state index >= 15 is 0 Å². The number of aryl methyl sites for hydroxylation is 1. The van der Waals surface area contributed by atoms with Crippen LogP contribution >= 0.6 is 0 Å². The van der Waals surface area contributed by atoms with Crippen LogP contribution in [0.2, 0.25) is 0 Å². The van der Waals surface area contributed by atoms with Crippen molar-refractivity contribution >= 4 is 10.0 Å². The first-order valence-corrected chi connectivity index (χ1v) is 8.17. The lowest BCUT2D eigenvalue weighted by Crippen LogP contribution is -2.34. The van der Waals surface area contributed by atoms with Crippen molar-refractivity contribution < 1.29 is 18.3 Å². The molecule has 114 valence electrons. The Bertz CT molecular complexity index is 528. The van der Waals surface area contributed by atoms with Gasteiger partial charge in [-0.2, -0.15) is 4.31 Å². The van der Waals surface area contributed by atoms with E-state index in [0.29, 0.717) is 31.7 Å². The minimum Gasteiger partial charge on any atom is -0.392 e. The van der Waals surface area contributed by atoms with Crippen molar-refractivity contribution in [2.75, 3.05) is 26.8 Å². The van der Waals surface area contributed by atoms with Gasteiger partial charge in [0.2, 0.25) is 10.0 Å². The van der Waals surface area contributed by atoms with Gasteiger partial charge >= 0.3 is 0 Å². The smallest absolute Gasteiger partial charge is 0.243 e. The lowest BCUT2D eigenvalue weighted by atomic mass is 10.1. The fraction of sp³-hybridized carbons (Fsp3) is 0.571. The molecule has 0 fully saturated rings. The number of hydrogen-bond acceptors (Lipinski definition) is 4. The monoisotopic (exact) mass is 301 g/mol. The minimum atomic E-state index is -3.56. The second-order valence-electron chi connectivity index (χ2n) is 4.44. The van der Waals surface area contributed by atoms with Crippen LogP contribution in [0, 0.1) is 0 Å². The Kier molecular flexibility index (Phi) is 6.61. The molecule has 0 aliphatic carbocycles. The van der Waals surface area contributed by atoms with E-state index in [0.717, 1.165) is 5.56 Å². The quantitative estimate of drug-likeness (QED) is 0.788. The van der Waals surface area contributed by atoms with Crippen molar-refractivity contribution in [2.45, 2.75) is 31.8 Å². The molecule has 0 radical (unpaired) electrons. The van der Waals surface area contributed by atoms with Gasteiger partial charge in [0.15, 0.2) is 0 Å². The Morgan fingerprint density at radius 2 is 2.00 bits per heavy atom. The molecule has 0 heterocycles. The molecule has 20 heavy (non-hydrogen) atoms. The van der Waals surface area contributed by atoms with Crippen molar-refractivity contribution in [1.82, 2.24) is 4.31 Å². The molecule has 1 aromatic rings. The topological polar surface area (TPSA) is 66.8 Å². The van der Waals surface area contributed by atoms with Gasteiger partial charge in [0, 0.05) is 20.2 Å². The van der Waals surface area contributed by atoms with Crippen molar-refractivity contribution in [1.29, 1.82) is 0 Å². The SMILES string of the molecule is CCc1ccc(CO)cc1S(=O)(=O)N(CC)CCOC. The van der Waals surface area contributed by atoms with E-state index < -0.39 is 10.0 Å². The standard InChI is InChI=1S/C14H23NO4S/c1-4-13-7-6-12(11-16)10-14(13)20(17,18)15(5-2)8-9-19-3/h6-7,10,16H,4-5,8-9,11H2,1-3H3. The van der Waals surface area contributed by atoms with Gasteiger partial charge in [-0.15, -0.1) is 0 Å².